The van der Waals surface area contributed by atoms with E-state index in [1.165, 1.54) is 0 Å². The van der Waals surface area contributed by atoms with Gasteiger partial charge in [0.15, 0.2) is 0 Å². The van der Waals surface area contributed by atoms with E-state index in [0.29, 0.717) is 52.9 Å². The number of aliphatic hydroxyl groups excluding tert-OH is 2. The lowest BCUT2D eigenvalue weighted by atomic mass is 10.4. The largest absolute Gasteiger partial charge is 0.388 e. The second-order valence-corrected chi connectivity index (χ2v) is 5.73. The molecule has 0 rings (SSSR count). The molecule has 0 aliphatic heterocycles. The fraction of sp³-hybridized carbons (Fsp3) is 0.800. The average molecular weight is 418 g/mol. The van der Waals surface area contributed by atoms with Crippen molar-refractivity contribution in [3.63, 3.8) is 0 Å². The minimum atomic E-state index is -0.699. The Bertz CT molecular complexity index is 381. The quantitative estimate of drug-likeness (QED) is 0.171. The Hall–Kier alpha value is -1.24. The zero-order chi connectivity index (χ0) is 21.4. The van der Waals surface area contributed by atoms with Crippen LogP contribution in [0.3, 0.4) is 0 Å². The van der Waals surface area contributed by atoms with Gasteiger partial charge < -0.3 is 43.4 Å². The van der Waals surface area contributed by atoms with Crippen LogP contribution in [0.15, 0.2) is 0 Å². The molecule has 0 bridgehead atoms. The first-order valence-corrected chi connectivity index (χ1v) is 9.48. The molecule has 2 unspecified atom stereocenters. The summed E-state index contributed by atoms with van der Waals surface area (Å²) in [5.41, 5.74) is 0. The van der Waals surface area contributed by atoms with Gasteiger partial charge in [-0.05, 0) is 0 Å². The van der Waals surface area contributed by atoms with Crippen molar-refractivity contribution < 1.29 is 43.4 Å². The molecule has 0 fully saturated rings. The lowest BCUT2D eigenvalue weighted by Gasteiger charge is -2.11. The molecule has 29 heavy (non-hydrogen) atoms. The van der Waals surface area contributed by atoms with E-state index < -0.39 is 12.2 Å². The number of ether oxygens (including phenoxy) is 7. The number of hydrogen-bond donors (Lipinski definition) is 2. The van der Waals surface area contributed by atoms with E-state index >= 15 is 0 Å². The molecule has 0 radical (unpaired) electrons. The Morgan fingerprint density at radius 1 is 0.483 bits per heavy atom. The first-order chi connectivity index (χ1) is 14.2. The predicted octanol–water partition coefficient (Wildman–Crippen LogP) is -0.909. The van der Waals surface area contributed by atoms with Gasteiger partial charge in [0.25, 0.3) is 0 Å². The molecule has 0 aromatic carbocycles. The van der Waals surface area contributed by atoms with Crippen molar-refractivity contribution in [3.05, 3.63) is 0 Å². The second kappa shape index (κ2) is 23.0. The molecule has 9 heteroatoms. The van der Waals surface area contributed by atoms with Crippen LogP contribution in [0.4, 0.5) is 0 Å². The third-order valence-electron chi connectivity index (χ3n) is 3.10. The van der Waals surface area contributed by atoms with Gasteiger partial charge in [0, 0.05) is 0 Å². The fourth-order valence-electron chi connectivity index (χ4n) is 1.82. The lowest BCUT2D eigenvalue weighted by molar-refractivity contribution is -0.0411. The summed E-state index contributed by atoms with van der Waals surface area (Å²) in [4.78, 5) is 0. The Labute approximate surface area is 173 Å². The van der Waals surface area contributed by atoms with Gasteiger partial charge in [-0.25, -0.2) is 0 Å². The monoisotopic (exact) mass is 418 g/mol. The SMILES string of the molecule is C#CCOCC(O)COCCOCCOCCOCCOCC(O)COCC#C. The minimum Gasteiger partial charge on any atom is -0.388 e. The van der Waals surface area contributed by atoms with E-state index in [4.69, 9.17) is 46.0 Å². The van der Waals surface area contributed by atoms with Crippen molar-refractivity contribution in [2.75, 3.05) is 92.5 Å². The molecule has 2 atom stereocenters. The highest BCUT2D eigenvalue weighted by atomic mass is 16.6. The summed E-state index contributed by atoms with van der Waals surface area (Å²) in [7, 11) is 0. The summed E-state index contributed by atoms with van der Waals surface area (Å²) in [6.45, 7) is 4.35. The van der Waals surface area contributed by atoms with Gasteiger partial charge in [-0.15, -0.1) is 12.8 Å². The molecule has 0 aromatic heterocycles. The van der Waals surface area contributed by atoms with Crippen molar-refractivity contribution in [2.24, 2.45) is 0 Å². The zero-order valence-electron chi connectivity index (χ0n) is 17.0. The Morgan fingerprint density at radius 2 is 0.759 bits per heavy atom. The highest BCUT2D eigenvalue weighted by Crippen LogP contribution is 1.90. The molecule has 0 aliphatic rings. The van der Waals surface area contributed by atoms with E-state index in [-0.39, 0.29) is 39.6 Å². The van der Waals surface area contributed by atoms with Crippen molar-refractivity contribution in [2.45, 2.75) is 12.2 Å². The number of terminal acetylenes is 2. The van der Waals surface area contributed by atoms with Crippen LogP contribution in [-0.4, -0.2) is 115 Å². The van der Waals surface area contributed by atoms with Crippen LogP contribution in [0.25, 0.3) is 0 Å². The summed E-state index contributed by atoms with van der Waals surface area (Å²) in [6.07, 6.45) is 8.66. The lowest BCUT2D eigenvalue weighted by Crippen LogP contribution is -2.23. The molecule has 0 spiro atoms. The van der Waals surface area contributed by atoms with Crippen LogP contribution in [0.1, 0.15) is 0 Å². The number of hydrogen-bond acceptors (Lipinski definition) is 9. The molecule has 0 heterocycles. The van der Waals surface area contributed by atoms with Crippen LogP contribution < -0.4 is 0 Å². The van der Waals surface area contributed by atoms with Gasteiger partial charge in [-0.1, -0.05) is 11.8 Å². The molecule has 0 aromatic rings. The second-order valence-electron chi connectivity index (χ2n) is 5.73. The predicted molar refractivity (Wildman–Crippen MR) is 105 cm³/mol. The van der Waals surface area contributed by atoms with E-state index in [1.54, 1.807) is 0 Å². The maximum Gasteiger partial charge on any atom is 0.107 e. The molecule has 0 saturated heterocycles. The van der Waals surface area contributed by atoms with Gasteiger partial charge in [-0.2, -0.15) is 0 Å². The van der Waals surface area contributed by atoms with Crippen molar-refractivity contribution in [1.82, 2.24) is 0 Å². The summed E-state index contributed by atoms with van der Waals surface area (Å²) in [6, 6.07) is 0. The molecular formula is C20H34O9. The maximum atomic E-state index is 9.51. The van der Waals surface area contributed by atoms with Crippen LogP contribution in [0.2, 0.25) is 0 Å². The molecular weight excluding hydrogens is 384 g/mol. The Balaban J connectivity index is 3.15. The summed E-state index contributed by atoms with van der Waals surface area (Å²) in [5, 5.41) is 19.0. The molecule has 0 aliphatic carbocycles. The molecule has 168 valence electrons. The normalized spacial score (nSPS) is 13.0. The third kappa shape index (κ3) is 22.9. The summed E-state index contributed by atoms with van der Waals surface area (Å²) < 4.78 is 36.5. The van der Waals surface area contributed by atoms with Crippen molar-refractivity contribution in [1.29, 1.82) is 0 Å². The first kappa shape index (κ1) is 27.8. The maximum absolute atomic E-state index is 9.51. The smallest absolute Gasteiger partial charge is 0.107 e. The number of rotatable bonds is 22. The van der Waals surface area contributed by atoms with Crippen LogP contribution in [-0.2, 0) is 33.2 Å². The molecule has 0 amide bonds. The van der Waals surface area contributed by atoms with Crippen molar-refractivity contribution >= 4 is 0 Å². The van der Waals surface area contributed by atoms with Gasteiger partial charge in [-0.3, -0.25) is 0 Å². The molecule has 9 nitrogen and oxygen atoms in total. The Kier molecular flexibility index (Phi) is 22.1. The summed E-state index contributed by atoms with van der Waals surface area (Å²) in [5.74, 6) is 4.63. The number of aliphatic hydroxyl groups is 2. The fourth-order valence-corrected chi connectivity index (χ4v) is 1.82. The molecule has 2 N–H and O–H groups in total. The highest BCUT2D eigenvalue weighted by Gasteiger charge is 2.04. The zero-order valence-corrected chi connectivity index (χ0v) is 17.0. The van der Waals surface area contributed by atoms with Gasteiger partial charge in [0.2, 0.25) is 0 Å². The first-order valence-electron chi connectivity index (χ1n) is 9.48. The standard InChI is InChI=1S/C20H34O9/c1-3-5-26-15-19(21)17-28-13-11-24-9-7-23-8-10-25-12-14-29-18-20(22)16-27-6-4-2/h1-2,19-22H,5-18H2. The third-order valence-corrected chi connectivity index (χ3v) is 3.10. The van der Waals surface area contributed by atoms with Crippen LogP contribution >= 0.6 is 0 Å². The van der Waals surface area contributed by atoms with Gasteiger partial charge in [0.05, 0.1) is 79.3 Å². The van der Waals surface area contributed by atoms with E-state index in [0.717, 1.165) is 0 Å². The topological polar surface area (TPSA) is 105 Å². The van der Waals surface area contributed by atoms with Crippen LogP contribution in [0, 0.1) is 24.7 Å². The van der Waals surface area contributed by atoms with Gasteiger partial charge >= 0.3 is 0 Å². The Morgan fingerprint density at radius 3 is 1.07 bits per heavy atom. The van der Waals surface area contributed by atoms with E-state index in [2.05, 4.69) is 11.8 Å². The van der Waals surface area contributed by atoms with Gasteiger partial charge in [0.1, 0.15) is 25.4 Å². The molecule has 0 saturated carbocycles. The highest BCUT2D eigenvalue weighted by molar-refractivity contribution is 4.83. The van der Waals surface area contributed by atoms with E-state index in [1.807, 2.05) is 0 Å². The van der Waals surface area contributed by atoms with E-state index in [9.17, 15) is 10.2 Å². The van der Waals surface area contributed by atoms with Crippen LogP contribution in [0.5, 0.6) is 0 Å². The average Bonchev–Trinajstić information content (AvgIpc) is 2.71. The van der Waals surface area contributed by atoms with Crippen molar-refractivity contribution in [3.8, 4) is 24.7 Å². The summed E-state index contributed by atoms with van der Waals surface area (Å²) >= 11 is 0. The minimum absolute atomic E-state index is 0.150.